The normalized spacial score (nSPS) is 16.4. The highest BCUT2D eigenvalue weighted by Gasteiger charge is 2.23. The monoisotopic (exact) mass is 450 g/mol. The van der Waals surface area contributed by atoms with Gasteiger partial charge in [-0.3, -0.25) is 9.36 Å². The van der Waals surface area contributed by atoms with Crippen molar-refractivity contribution in [2.75, 3.05) is 40.9 Å². The summed E-state index contributed by atoms with van der Waals surface area (Å²) in [5.74, 6) is -0.229. The van der Waals surface area contributed by atoms with E-state index in [1.807, 2.05) is 27.2 Å². The number of quaternary nitrogens is 1. The number of likely N-dealkylation sites (N-methyl/N-ethyl adjacent to an activating group) is 1. The van der Waals surface area contributed by atoms with Crippen molar-refractivity contribution in [3.05, 3.63) is 12.2 Å². The lowest BCUT2D eigenvalue weighted by molar-refractivity contribution is -0.870. The lowest BCUT2D eigenvalue weighted by Gasteiger charge is -2.29. The highest BCUT2D eigenvalue weighted by Crippen LogP contribution is 2.38. The van der Waals surface area contributed by atoms with Crippen molar-refractivity contribution in [2.24, 2.45) is 0 Å². The third kappa shape index (κ3) is 17.0. The lowest BCUT2D eigenvalue weighted by atomic mass is 10.1. The largest absolute Gasteiger partial charge is 0.756 e. The van der Waals surface area contributed by atoms with Crippen molar-refractivity contribution in [3.8, 4) is 0 Å². The molecule has 0 saturated heterocycles. The molecule has 0 aromatic carbocycles. The summed E-state index contributed by atoms with van der Waals surface area (Å²) in [6.07, 6.45) is 9.38. The number of rotatable bonds is 18. The van der Waals surface area contributed by atoms with Gasteiger partial charge in [-0.05, 0) is 12.8 Å². The third-order valence-corrected chi connectivity index (χ3v) is 5.46. The number of unbranched alkanes of at least 4 members (excludes halogenated alkanes) is 5. The average Bonchev–Trinajstić information content (AvgIpc) is 2.64. The molecule has 8 nitrogen and oxygen atoms in total. The van der Waals surface area contributed by atoms with E-state index < -0.39 is 20.0 Å². The van der Waals surface area contributed by atoms with Crippen LogP contribution in [0.3, 0.4) is 0 Å². The van der Waals surface area contributed by atoms with Gasteiger partial charge in [0.1, 0.15) is 13.2 Å². The number of phosphoric acid groups is 1. The minimum atomic E-state index is -4.53. The Morgan fingerprint density at radius 3 is 2.40 bits per heavy atom. The van der Waals surface area contributed by atoms with Crippen LogP contribution in [0.4, 0.5) is 0 Å². The predicted molar refractivity (Wildman–Crippen MR) is 118 cm³/mol. The van der Waals surface area contributed by atoms with Gasteiger partial charge >= 0.3 is 0 Å². The summed E-state index contributed by atoms with van der Waals surface area (Å²) in [5.41, 5.74) is 0. The maximum atomic E-state index is 12.2. The topological polar surface area (TPSA) is 108 Å². The Morgan fingerprint density at radius 1 is 1.13 bits per heavy atom. The molecule has 0 heterocycles. The molecule has 0 rings (SSSR count). The van der Waals surface area contributed by atoms with Crippen molar-refractivity contribution in [3.63, 3.8) is 0 Å². The van der Waals surface area contributed by atoms with Gasteiger partial charge in [0.25, 0.3) is 7.82 Å². The number of nitrogens with zero attached hydrogens (tertiary/aromatic N) is 1. The molecule has 3 unspecified atom stereocenters. The molecular weight excluding hydrogens is 407 g/mol. The number of nitrogens with one attached hydrogen (secondary N) is 1. The fourth-order valence-corrected chi connectivity index (χ4v) is 3.27. The van der Waals surface area contributed by atoms with Crippen molar-refractivity contribution < 1.29 is 32.9 Å². The fourth-order valence-electron chi connectivity index (χ4n) is 2.54. The second-order valence-corrected chi connectivity index (χ2v) is 10.0. The summed E-state index contributed by atoms with van der Waals surface area (Å²) in [6.45, 7) is 4.28. The minimum Gasteiger partial charge on any atom is -0.756 e. The van der Waals surface area contributed by atoms with Crippen LogP contribution in [0.15, 0.2) is 12.2 Å². The molecule has 0 aliphatic heterocycles. The van der Waals surface area contributed by atoms with Crippen molar-refractivity contribution in [2.45, 2.75) is 77.4 Å². The van der Waals surface area contributed by atoms with Crippen LogP contribution in [0, 0.1) is 0 Å². The molecule has 178 valence electrons. The predicted octanol–water partition coefficient (Wildman–Crippen LogP) is 2.76. The summed E-state index contributed by atoms with van der Waals surface area (Å²) in [6, 6.07) is -0.870. The Kier molecular flexibility index (Phi) is 15.6. The molecule has 0 spiro atoms. The van der Waals surface area contributed by atoms with E-state index in [1.54, 1.807) is 6.08 Å². The Labute approximate surface area is 182 Å². The summed E-state index contributed by atoms with van der Waals surface area (Å²) < 4.78 is 22.4. The van der Waals surface area contributed by atoms with Crippen LogP contribution in [-0.2, 0) is 18.4 Å². The molecular formula is C21H43N2O6P. The second kappa shape index (κ2) is 16.0. The summed E-state index contributed by atoms with van der Waals surface area (Å²) in [5, 5.41) is 13.1. The number of aliphatic hydroxyl groups excluding tert-OH is 1. The molecule has 30 heavy (non-hydrogen) atoms. The van der Waals surface area contributed by atoms with Gasteiger partial charge < -0.3 is 28.8 Å². The van der Waals surface area contributed by atoms with Gasteiger partial charge in [-0.25, -0.2) is 0 Å². The summed E-state index contributed by atoms with van der Waals surface area (Å²) >= 11 is 0. The van der Waals surface area contributed by atoms with Crippen LogP contribution >= 0.6 is 7.82 Å². The molecule has 9 heteroatoms. The minimum absolute atomic E-state index is 0.00178. The van der Waals surface area contributed by atoms with E-state index in [4.69, 9.17) is 9.05 Å². The Bertz CT molecular complexity index is 536. The Balaban J connectivity index is 4.78. The van der Waals surface area contributed by atoms with Gasteiger partial charge in [0.05, 0.1) is 39.9 Å². The zero-order valence-corrected chi connectivity index (χ0v) is 20.4. The molecule has 0 aliphatic carbocycles. The molecule has 0 radical (unpaired) electrons. The zero-order chi connectivity index (χ0) is 23.0. The Hall–Kier alpha value is -0.760. The van der Waals surface area contributed by atoms with E-state index in [9.17, 15) is 19.4 Å². The second-order valence-electron chi connectivity index (χ2n) is 8.64. The van der Waals surface area contributed by atoms with E-state index in [-0.39, 0.29) is 19.1 Å². The number of aliphatic hydroxyl groups is 1. The highest BCUT2D eigenvalue weighted by molar-refractivity contribution is 7.45. The van der Waals surface area contributed by atoms with E-state index in [2.05, 4.69) is 19.2 Å². The van der Waals surface area contributed by atoms with Crippen LogP contribution < -0.4 is 10.2 Å². The fraction of sp³-hybridized carbons (Fsp3) is 0.857. The number of amides is 1. The van der Waals surface area contributed by atoms with Gasteiger partial charge in [-0.15, -0.1) is 0 Å². The standard InChI is InChI=1S/C21H43N2O6P/c1-6-8-10-12-14-20(24)19(22-21(25)15-13-11-9-7-2)18-29-30(26,27)28-17-16-23(3,4)5/h12,14,19-20,24H,6-11,13,15-18H2,1-5H3,(H-,22,25,26,27)/b14-12+. The van der Waals surface area contributed by atoms with Gasteiger partial charge in [0, 0.05) is 6.42 Å². The number of hydrogen-bond acceptors (Lipinski definition) is 6. The number of hydrogen-bond donors (Lipinski definition) is 2. The number of carbonyl (C=O) groups excluding carboxylic acids is 1. The first-order chi connectivity index (χ1) is 14.0. The average molecular weight is 451 g/mol. The van der Waals surface area contributed by atoms with Crippen molar-refractivity contribution in [1.82, 2.24) is 5.32 Å². The first-order valence-corrected chi connectivity index (χ1v) is 12.5. The first kappa shape index (κ1) is 29.2. The van der Waals surface area contributed by atoms with E-state index in [1.165, 1.54) is 0 Å². The zero-order valence-electron chi connectivity index (χ0n) is 19.5. The third-order valence-electron chi connectivity index (χ3n) is 4.50. The molecule has 0 bridgehead atoms. The van der Waals surface area contributed by atoms with Crippen LogP contribution in [0.1, 0.15) is 65.2 Å². The number of carbonyl (C=O) groups is 1. The van der Waals surface area contributed by atoms with Crippen molar-refractivity contribution >= 4 is 13.7 Å². The molecule has 0 aliphatic rings. The molecule has 0 aromatic heterocycles. The van der Waals surface area contributed by atoms with Crippen LogP contribution in [0.2, 0.25) is 0 Å². The van der Waals surface area contributed by atoms with Gasteiger partial charge in [0.2, 0.25) is 5.91 Å². The highest BCUT2D eigenvalue weighted by atomic mass is 31.2. The lowest BCUT2D eigenvalue weighted by Crippen LogP contribution is -2.45. The molecule has 3 atom stereocenters. The molecule has 0 aromatic rings. The summed E-state index contributed by atoms with van der Waals surface area (Å²) in [4.78, 5) is 24.3. The summed E-state index contributed by atoms with van der Waals surface area (Å²) in [7, 11) is 1.24. The van der Waals surface area contributed by atoms with E-state index in [0.717, 1.165) is 44.9 Å². The van der Waals surface area contributed by atoms with Crippen LogP contribution in [-0.4, -0.2) is 68.5 Å². The number of phosphoric ester groups is 1. The van der Waals surface area contributed by atoms with Crippen LogP contribution in [0.25, 0.3) is 0 Å². The maximum absolute atomic E-state index is 12.2. The molecule has 1 amide bonds. The van der Waals surface area contributed by atoms with E-state index in [0.29, 0.717) is 17.4 Å². The number of allylic oxidation sites excluding steroid dienone is 1. The van der Waals surface area contributed by atoms with Gasteiger partial charge in [-0.1, -0.05) is 58.1 Å². The van der Waals surface area contributed by atoms with E-state index >= 15 is 0 Å². The SMILES string of the molecule is CCCC/C=C/C(O)C(COP(=O)([O-])OCC[N+](C)(C)C)NC(=O)CCCCCC. The molecule has 2 N–H and O–H groups in total. The van der Waals surface area contributed by atoms with Crippen LogP contribution in [0.5, 0.6) is 0 Å². The van der Waals surface area contributed by atoms with Crippen molar-refractivity contribution in [1.29, 1.82) is 0 Å². The Morgan fingerprint density at radius 2 is 1.80 bits per heavy atom. The van der Waals surface area contributed by atoms with Gasteiger partial charge in [0.15, 0.2) is 0 Å². The maximum Gasteiger partial charge on any atom is 0.268 e. The first-order valence-electron chi connectivity index (χ1n) is 11.1. The smallest absolute Gasteiger partial charge is 0.268 e. The van der Waals surface area contributed by atoms with Gasteiger partial charge in [-0.2, -0.15) is 0 Å². The quantitative estimate of drug-likeness (QED) is 0.144. The molecule has 0 saturated carbocycles. The molecule has 0 fully saturated rings.